The van der Waals surface area contributed by atoms with Crippen molar-refractivity contribution in [3.05, 3.63) is 17.8 Å². The molecule has 1 saturated heterocycles. The molecule has 0 aliphatic carbocycles. The fraction of sp³-hybridized carbons (Fsp3) is 0.538. The van der Waals surface area contributed by atoms with Crippen LogP contribution in [0, 0.1) is 6.92 Å². The summed E-state index contributed by atoms with van der Waals surface area (Å²) < 4.78 is 0. The maximum Gasteiger partial charge on any atom is 0.247 e. The Morgan fingerprint density at radius 3 is 3.18 bits per heavy atom. The Labute approximate surface area is 101 Å². The van der Waals surface area contributed by atoms with Crippen molar-refractivity contribution < 1.29 is 4.79 Å². The van der Waals surface area contributed by atoms with Gasteiger partial charge in [0.2, 0.25) is 5.91 Å². The van der Waals surface area contributed by atoms with Crippen LogP contribution in [0.4, 0.5) is 11.5 Å². The lowest BCUT2D eigenvalue weighted by Crippen LogP contribution is -2.48. The van der Waals surface area contributed by atoms with Crippen molar-refractivity contribution in [2.24, 2.45) is 0 Å². The standard InChI is InChI=1S/C13H17N3O/c1-9-6-7-14-12-11(9)15-13(17)10-5-3-2-4-8-16(10)12/h6-7,10H,2-5,8H2,1H3,(H,15,17). The first-order chi connectivity index (χ1) is 8.27. The van der Waals surface area contributed by atoms with Crippen LogP contribution in [0.25, 0.3) is 0 Å². The lowest BCUT2D eigenvalue weighted by Gasteiger charge is -2.36. The van der Waals surface area contributed by atoms with Crippen molar-refractivity contribution in [2.75, 3.05) is 16.8 Å². The molecule has 2 aliphatic heterocycles. The Kier molecular flexibility index (Phi) is 2.50. The Balaban J connectivity index is 2.07. The Morgan fingerprint density at radius 2 is 2.29 bits per heavy atom. The van der Waals surface area contributed by atoms with Crippen molar-refractivity contribution in [2.45, 2.75) is 38.6 Å². The molecule has 0 bridgehead atoms. The van der Waals surface area contributed by atoms with E-state index >= 15 is 0 Å². The van der Waals surface area contributed by atoms with Gasteiger partial charge in [0.25, 0.3) is 0 Å². The van der Waals surface area contributed by atoms with E-state index in [9.17, 15) is 4.79 Å². The maximum absolute atomic E-state index is 12.1. The van der Waals surface area contributed by atoms with Crippen molar-refractivity contribution in [1.82, 2.24) is 4.98 Å². The molecular formula is C13H17N3O. The number of fused-ring (bicyclic) bond motifs is 3. The van der Waals surface area contributed by atoms with E-state index in [1.807, 2.05) is 19.2 Å². The number of rotatable bonds is 0. The molecule has 90 valence electrons. The van der Waals surface area contributed by atoms with E-state index in [0.717, 1.165) is 42.9 Å². The number of nitrogens with one attached hydrogen (secondary N) is 1. The topological polar surface area (TPSA) is 45.2 Å². The minimum Gasteiger partial charge on any atom is -0.343 e. The van der Waals surface area contributed by atoms with Gasteiger partial charge in [0.05, 0.1) is 5.69 Å². The van der Waals surface area contributed by atoms with Crippen LogP contribution in [0.1, 0.15) is 31.2 Å². The lowest BCUT2D eigenvalue weighted by atomic mass is 10.1. The second-order valence-electron chi connectivity index (χ2n) is 4.87. The molecule has 4 heteroatoms. The van der Waals surface area contributed by atoms with Gasteiger partial charge in [0.1, 0.15) is 6.04 Å². The second kappa shape index (κ2) is 4.02. The van der Waals surface area contributed by atoms with Gasteiger partial charge in [-0.25, -0.2) is 4.98 Å². The first-order valence-electron chi connectivity index (χ1n) is 6.30. The van der Waals surface area contributed by atoms with E-state index in [1.54, 1.807) is 0 Å². The predicted octanol–water partition coefficient (Wildman–Crippen LogP) is 2.09. The van der Waals surface area contributed by atoms with E-state index < -0.39 is 0 Å². The van der Waals surface area contributed by atoms with Gasteiger partial charge in [-0.2, -0.15) is 0 Å². The fourth-order valence-electron chi connectivity index (χ4n) is 2.76. The van der Waals surface area contributed by atoms with Crippen LogP contribution in [0.5, 0.6) is 0 Å². The monoisotopic (exact) mass is 231 g/mol. The SMILES string of the molecule is Cc1ccnc2c1NC(=O)C1CCCCCN21. The second-order valence-corrected chi connectivity index (χ2v) is 4.87. The number of carbonyl (C=O) groups excluding carboxylic acids is 1. The summed E-state index contributed by atoms with van der Waals surface area (Å²) in [6.45, 7) is 2.96. The molecule has 1 aromatic rings. The number of aryl methyl sites for hydroxylation is 1. The molecule has 1 atom stereocenters. The molecular weight excluding hydrogens is 214 g/mol. The molecule has 1 N–H and O–H groups in total. The average molecular weight is 231 g/mol. The lowest BCUT2D eigenvalue weighted by molar-refractivity contribution is -0.117. The zero-order valence-electron chi connectivity index (χ0n) is 10.1. The maximum atomic E-state index is 12.1. The van der Waals surface area contributed by atoms with Gasteiger partial charge in [-0.3, -0.25) is 4.79 Å². The molecule has 1 aromatic heterocycles. The highest BCUT2D eigenvalue weighted by atomic mass is 16.2. The average Bonchev–Trinajstić information content (AvgIpc) is 2.57. The van der Waals surface area contributed by atoms with Crippen LogP contribution in [0.2, 0.25) is 0 Å². The van der Waals surface area contributed by atoms with Gasteiger partial charge in [-0.05, 0) is 31.4 Å². The van der Waals surface area contributed by atoms with Gasteiger partial charge < -0.3 is 10.2 Å². The summed E-state index contributed by atoms with van der Waals surface area (Å²) in [7, 11) is 0. The summed E-state index contributed by atoms with van der Waals surface area (Å²) in [4.78, 5) is 18.8. The van der Waals surface area contributed by atoms with Gasteiger partial charge >= 0.3 is 0 Å². The summed E-state index contributed by atoms with van der Waals surface area (Å²) >= 11 is 0. The number of pyridine rings is 1. The van der Waals surface area contributed by atoms with Gasteiger partial charge in [-0.15, -0.1) is 0 Å². The molecule has 1 amide bonds. The van der Waals surface area contributed by atoms with E-state index in [4.69, 9.17) is 0 Å². The molecule has 0 aromatic carbocycles. The predicted molar refractivity (Wildman–Crippen MR) is 67.2 cm³/mol. The molecule has 4 nitrogen and oxygen atoms in total. The van der Waals surface area contributed by atoms with Crippen LogP contribution in [0.3, 0.4) is 0 Å². The summed E-state index contributed by atoms with van der Waals surface area (Å²) in [6.07, 6.45) is 6.27. The minimum absolute atomic E-state index is 0.0145. The number of hydrogen-bond acceptors (Lipinski definition) is 3. The van der Waals surface area contributed by atoms with Crippen LogP contribution in [-0.4, -0.2) is 23.5 Å². The molecule has 3 rings (SSSR count). The largest absolute Gasteiger partial charge is 0.343 e. The zero-order valence-corrected chi connectivity index (χ0v) is 10.1. The van der Waals surface area contributed by atoms with E-state index in [0.29, 0.717) is 0 Å². The number of anilines is 2. The third-order valence-electron chi connectivity index (χ3n) is 3.72. The molecule has 0 spiro atoms. The first kappa shape index (κ1) is 10.6. The van der Waals surface area contributed by atoms with Crippen LogP contribution in [-0.2, 0) is 4.79 Å². The quantitative estimate of drug-likeness (QED) is 0.743. The van der Waals surface area contributed by atoms with Crippen LogP contribution < -0.4 is 10.2 Å². The molecule has 0 saturated carbocycles. The van der Waals surface area contributed by atoms with Crippen molar-refractivity contribution >= 4 is 17.4 Å². The molecule has 3 heterocycles. The number of carbonyl (C=O) groups is 1. The summed E-state index contributed by atoms with van der Waals surface area (Å²) in [5, 5.41) is 3.01. The van der Waals surface area contributed by atoms with E-state index in [2.05, 4.69) is 15.2 Å². The number of nitrogens with zero attached hydrogens (tertiary/aromatic N) is 2. The molecule has 0 radical (unpaired) electrons. The highest BCUT2D eigenvalue weighted by Crippen LogP contribution is 2.35. The molecule has 17 heavy (non-hydrogen) atoms. The number of hydrogen-bond donors (Lipinski definition) is 1. The van der Waals surface area contributed by atoms with Gasteiger partial charge in [0, 0.05) is 12.7 Å². The van der Waals surface area contributed by atoms with Crippen LogP contribution in [0.15, 0.2) is 12.3 Å². The Hall–Kier alpha value is -1.58. The number of amides is 1. The summed E-state index contributed by atoms with van der Waals surface area (Å²) in [6, 6.07) is 1.93. The van der Waals surface area contributed by atoms with Crippen molar-refractivity contribution in [1.29, 1.82) is 0 Å². The molecule has 1 unspecified atom stereocenters. The Morgan fingerprint density at radius 1 is 1.41 bits per heavy atom. The third-order valence-corrected chi connectivity index (χ3v) is 3.72. The molecule has 2 aliphatic rings. The first-order valence-corrected chi connectivity index (χ1v) is 6.30. The number of aromatic nitrogens is 1. The minimum atomic E-state index is -0.0145. The van der Waals surface area contributed by atoms with Crippen LogP contribution >= 0.6 is 0 Å². The van der Waals surface area contributed by atoms with Crippen molar-refractivity contribution in [3.8, 4) is 0 Å². The summed E-state index contributed by atoms with van der Waals surface area (Å²) in [5.74, 6) is 1.09. The fourth-order valence-corrected chi connectivity index (χ4v) is 2.76. The van der Waals surface area contributed by atoms with Crippen molar-refractivity contribution in [3.63, 3.8) is 0 Å². The third kappa shape index (κ3) is 1.68. The smallest absolute Gasteiger partial charge is 0.247 e. The molecule has 1 fully saturated rings. The normalized spacial score (nSPS) is 23.5. The van der Waals surface area contributed by atoms with Gasteiger partial charge in [-0.1, -0.05) is 12.8 Å². The Bertz CT molecular complexity index is 458. The zero-order chi connectivity index (χ0) is 11.8. The highest BCUT2D eigenvalue weighted by molar-refractivity contribution is 6.03. The highest BCUT2D eigenvalue weighted by Gasteiger charge is 2.34. The van der Waals surface area contributed by atoms with E-state index in [1.165, 1.54) is 6.42 Å². The van der Waals surface area contributed by atoms with Gasteiger partial charge in [0.15, 0.2) is 5.82 Å². The van der Waals surface area contributed by atoms with E-state index in [-0.39, 0.29) is 11.9 Å². The summed E-state index contributed by atoms with van der Waals surface area (Å²) in [5.41, 5.74) is 1.99.